The minimum atomic E-state index is -1.09. The molecule has 0 aliphatic carbocycles. The van der Waals surface area contributed by atoms with E-state index < -0.39 is 5.97 Å². The van der Waals surface area contributed by atoms with E-state index in [0.717, 1.165) is 5.56 Å². The summed E-state index contributed by atoms with van der Waals surface area (Å²) in [6.07, 6.45) is 0. The number of ether oxygens (including phenoxy) is 1. The fraction of sp³-hybridized carbons (Fsp3) is 0.200. The van der Waals surface area contributed by atoms with Gasteiger partial charge >= 0.3 is 5.97 Å². The molecule has 2 aromatic carbocycles. The van der Waals surface area contributed by atoms with Crippen LogP contribution in [0.5, 0.6) is 5.75 Å². The van der Waals surface area contributed by atoms with Crippen molar-refractivity contribution in [1.29, 1.82) is 0 Å². The van der Waals surface area contributed by atoms with E-state index >= 15 is 0 Å². The Hall–Kier alpha value is -2.54. The topological polar surface area (TPSA) is 84.6 Å². The van der Waals surface area contributed by atoms with Gasteiger partial charge in [-0.1, -0.05) is 28.9 Å². The first-order chi connectivity index (χ1) is 13.0. The Bertz CT molecular complexity index is 942. The highest BCUT2D eigenvalue weighted by Gasteiger charge is 2.27. The SMILES string of the molecule is COc1ccc(-c2noc([C@@H](C)NCc3cccc(Cl)c3)c2C(=O)O)cc1.Cl. The maximum absolute atomic E-state index is 11.9. The Morgan fingerprint density at radius 2 is 2.00 bits per heavy atom. The second kappa shape index (κ2) is 9.59. The van der Waals surface area contributed by atoms with Crippen molar-refractivity contribution >= 4 is 30.0 Å². The van der Waals surface area contributed by atoms with Crippen LogP contribution in [0.3, 0.4) is 0 Å². The summed E-state index contributed by atoms with van der Waals surface area (Å²) in [7, 11) is 1.57. The van der Waals surface area contributed by atoms with Gasteiger partial charge in [0.2, 0.25) is 0 Å². The monoisotopic (exact) mass is 422 g/mol. The quantitative estimate of drug-likeness (QED) is 0.558. The van der Waals surface area contributed by atoms with Crippen LogP contribution in [0.1, 0.15) is 34.6 Å². The lowest BCUT2D eigenvalue weighted by atomic mass is 10.0. The average molecular weight is 423 g/mol. The molecular formula is C20H20Cl2N2O4. The van der Waals surface area contributed by atoms with Gasteiger partial charge in [-0.2, -0.15) is 0 Å². The number of aromatic carboxylic acids is 1. The molecule has 0 amide bonds. The van der Waals surface area contributed by atoms with E-state index in [9.17, 15) is 9.90 Å². The number of hydrogen-bond donors (Lipinski definition) is 2. The Morgan fingerprint density at radius 1 is 1.29 bits per heavy atom. The number of benzene rings is 2. The fourth-order valence-electron chi connectivity index (χ4n) is 2.76. The van der Waals surface area contributed by atoms with Gasteiger partial charge in [0.15, 0.2) is 5.76 Å². The van der Waals surface area contributed by atoms with E-state index in [-0.39, 0.29) is 35.5 Å². The van der Waals surface area contributed by atoms with E-state index in [1.165, 1.54) is 0 Å². The normalized spacial score (nSPS) is 11.5. The minimum Gasteiger partial charge on any atom is -0.497 e. The molecule has 0 radical (unpaired) electrons. The summed E-state index contributed by atoms with van der Waals surface area (Å²) in [6.45, 7) is 2.34. The number of nitrogens with zero attached hydrogens (tertiary/aromatic N) is 1. The van der Waals surface area contributed by atoms with Crippen molar-refractivity contribution in [3.8, 4) is 17.0 Å². The first-order valence-corrected chi connectivity index (χ1v) is 8.72. The van der Waals surface area contributed by atoms with Gasteiger partial charge in [0.05, 0.1) is 13.2 Å². The molecule has 6 nitrogen and oxygen atoms in total. The summed E-state index contributed by atoms with van der Waals surface area (Å²) in [4.78, 5) is 11.9. The van der Waals surface area contributed by atoms with E-state index in [1.807, 2.05) is 25.1 Å². The van der Waals surface area contributed by atoms with Crippen LogP contribution in [0.25, 0.3) is 11.3 Å². The van der Waals surface area contributed by atoms with Crippen LogP contribution in [0, 0.1) is 0 Å². The van der Waals surface area contributed by atoms with E-state index in [4.69, 9.17) is 20.9 Å². The predicted molar refractivity (Wildman–Crippen MR) is 109 cm³/mol. The molecule has 3 aromatic rings. The van der Waals surface area contributed by atoms with Gasteiger partial charge in [-0.25, -0.2) is 4.79 Å². The fourth-order valence-corrected chi connectivity index (χ4v) is 2.97. The summed E-state index contributed by atoms with van der Waals surface area (Å²) in [5, 5.41) is 17.6. The summed E-state index contributed by atoms with van der Waals surface area (Å²) < 4.78 is 10.5. The number of carboxylic acids is 1. The first-order valence-electron chi connectivity index (χ1n) is 8.34. The van der Waals surface area contributed by atoms with Crippen molar-refractivity contribution in [2.24, 2.45) is 0 Å². The lowest BCUT2D eigenvalue weighted by Gasteiger charge is -2.12. The zero-order chi connectivity index (χ0) is 19.4. The molecule has 8 heteroatoms. The van der Waals surface area contributed by atoms with Crippen LogP contribution in [-0.2, 0) is 6.54 Å². The molecule has 2 N–H and O–H groups in total. The number of carboxylic acid groups (broad SMARTS) is 1. The van der Waals surface area contributed by atoms with Crippen molar-refractivity contribution in [2.45, 2.75) is 19.5 Å². The molecule has 0 unspecified atom stereocenters. The molecule has 0 saturated heterocycles. The summed E-state index contributed by atoms with van der Waals surface area (Å²) >= 11 is 5.99. The van der Waals surface area contributed by atoms with Crippen LogP contribution in [0.4, 0.5) is 0 Å². The number of rotatable bonds is 7. The van der Waals surface area contributed by atoms with Gasteiger partial charge in [0.1, 0.15) is 17.0 Å². The van der Waals surface area contributed by atoms with Crippen LogP contribution < -0.4 is 10.1 Å². The molecule has 3 rings (SSSR count). The summed E-state index contributed by atoms with van der Waals surface area (Å²) in [5.41, 5.74) is 1.97. The van der Waals surface area contributed by atoms with Crippen molar-refractivity contribution in [3.05, 3.63) is 70.4 Å². The molecule has 0 aliphatic rings. The largest absolute Gasteiger partial charge is 0.497 e. The first kappa shape index (κ1) is 21.8. The standard InChI is InChI=1S/C20H19ClN2O4.ClH/c1-12(22-11-13-4-3-5-15(21)10-13)19-17(20(24)25)18(23-27-19)14-6-8-16(26-2)9-7-14;/h3-10,12,22H,11H2,1-2H3,(H,24,25);1H/t12-;/m1./s1. The third-order valence-electron chi connectivity index (χ3n) is 4.19. The van der Waals surface area contributed by atoms with Crippen molar-refractivity contribution < 1.29 is 19.2 Å². The van der Waals surface area contributed by atoms with E-state index in [1.54, 1.807) is 37.4 Å². The van der Waals surface area contributed by atoms with Gasteiger partial charge in [0.25, 0.3) is 0 Å². The zero-order valence-corrected chi connectivity index (χ0v) is 16.9. The molecule has 0 bridgehead atoms. The highest BCUT2D eigenvalue weighted by molar-refractivity contribution is 6.30. The Kier molecular flexibility index (Phi) is 7.45. The maximum atomic E-state index is 11.9. The van der Waals surface area contributed by atoms with Gasteiger partial charge in [-0.3, -0.25) is 0 Å². The van der Waals surface area contributed by atoms with Crippen molar-refractivity contribution in [1.82, 2.24) is 10.5 Å². The van der Waals surface area contributed by atoms with Crippen molar-refractivity contribution in [2.75, 3.05) is 7.11 Å². The Labute approximate surface area is 173 Å². The molecular weight excluding hydrogens is 403 g/mol. The highest BCUT2D eigenvalue weighted by Crippen LogP contribution is 2.30. The summed E-state index contributed by atoms with van der Waals surface area (Å²) in [5.74, 6) is -0.139. The van der Waals surface area contributed by atoms with Crippen LogP contribution in [-0.4, -0.2) is 23.3 Å². The second-order valence-corrected chi connectivity index (χ2v) is 6.47. The lowest BCUT2D eigenvalue weighted by molar-refractivity contribution is 0.0694. The summed E-state index contributed by atoms with van der Waals surface area (Å²) in [6, 6.07) is 14.1. The van der Waals surface area contributed by atoms with Gasteiger partial charge in [0, 0.05) is 17.1 Å². The third-order valence-corrected chi connectivity index (χ3v) is 4.43. The molecule has 1 atom stereocenters. The maximum Gasteiger partial charge on any atom is 0.341 e. The number of halogens is 2. The number of carbonyl (C=O) groups is 1. The molecule has 1 heterocycles. The van der Waals surface area contributed by atoms with Crippen LogP contribution >= 0.6 is 24.0 Å². The number of aromatic nitrogens is 1. The smallest absolute Gasteiger partial charge is 0.341 e. The molecule has 28 heavy (non-hydrogen) atoms. The average Bonchev–Trinajstić information content (AvgIpc) is 3.12. The second-order valence-electron chi connectivity index (χ2n) is 6.04. The Morgan fingerprint density at radius 3 is 2.61 bits per heavy atom. The highest BCUT2D eigenvalue weighted by atomic mass is 35.5. The van der Waals surface area contributed by atoms with Crippen molar-refractivity contribution in [3.63, 3.8) is 0 Å². The van der Waals surface area contributed by atoms with Gasteiger partial charge in [-0.05, 0) is 48.9 Å². The van der Waals surface area contributed by atoms with Gasteiger partial charge in [-0.15, -0.1) is 12.4 Å². The van der Waals surface area contributed by atoms with Gasteiger partial charge < -0.3 is 19.7 Å². The number of methoxy groups -OCH3 is 1. The molecule has 0 saturated carbocycles. The van der Waals surface area contributed by atoms with E-state index in [0.29, 0.717) is 22.9 Å². The van der Waals surface area contributed by atoms with Crippen LogP contribution in [0.15, 0.2) is 53.1 Å². The molecule has 0 fully saturated rings. The Balaban J connectivity index is 0.00000280. The van der Waals surface area contributed by atoms with E-state index in [2.05, 4.69) is 10.5 Å². The number of nitrogens with one attached hydrogen (secondary N) is 1. The number of hydrogen-bond acceptors (Lipinski definition) is 5. The van der Waals surface area contributed by atoms with Crippen LogP contribution in [0.2, 0.25) is 5.02 Å². The molecule has 1 aromatic heterocycles. The molecule has 148 valence electrons. The predicted octanol–water partition coefficient (Wildman–Crippen LogP) is 4.97. The minimum absolute atomic E-state index is 0. The zero-order valence-electron chi connectivity index (χ0n) is 15.3. The molecule has 0 aliphatic heterocycles. The molecule has 0 spiro atoms. The lowest BCUT2D eigenvalue weighted by Crippen LogP contribution is -2.19. The third kappa shape index (κ3) is 4.84.